The molecule has 2 aromatic heterocycles. The molecule has 0 unspecified atom stereocenters. The van der Waals surface area contributed by atoms with E-state index in [-0.39, 0.29) is 6.03 Å². The van der Waals surface area contributed by atoms with Gasteiger partial charge in [0, 0.05) is 28.7 Å². The summed E-state index contributed by atoms with van der Waals surface area (Å²) >= 11 is 1.56. The zero-order valence-electron chi connectivity index (χ0n) is 13.1. The van der Waals surface area contributed by atoms with Crippen LogP contribution in [0.2, 0.25) is 0 Å². The van der Waals surface area contributed by atoms with Crippen molar-refractivity contribution in [2.45, 2.75) is 25.7 Å². The average molecular weight is 340 g/mol. The minimum atomic E-state index is -0.306. The Labute approximate surface area is 142 Å². The fourth-order valence-electron chi connectivity index (χ4n) is 2.54. The van der Waals surface area contributed by atoms with Crippen molar-refractivity contribution in [3.63, 3.8) is 0 Å². The van der Waals surface area contributed by atoms with Crippen molar-refractivity contribution in [3.05, 3.63) is 47.3 Å². The number of hydrogen-bond donors (Lipinski definition) is 2. The van der Waals surface area contributed by atoms with Gasteiger partial charge in [-0.2, -0.15) is 0 Å². The summed E-state index contributed by atoms with van der Waals surface area (Å²) in [5.74, 6) is 1.16. The molecule has 6 nitrogen and oxygen atoms in total. The summed E-state index contributed by atoms with van der Waals surface area (Å²) in [5, 5.41) is 12.5. The number of carbonyl (C=O) groups excluding carboxylic acids is 1. The summed E-state index contributed by atoms with van der Waals surface area (Å²) in [7, 11) is 0. The Bertz CT molecular complexity index is 869. The van der Waals surface area contributed by atoms with E-state index in [9.17, 15) is 4.79 Å². The van der Waals surface area contributed by atoms with Crippen molar-refractivity contribution in [3.8, 4) is 10.6 Å². The predicted molar refractivity (Wildman–Crippen MR) is 93.4 cm³/mol. The first-order valence-corrected chi connectivity index (χ1v) is 8.63. The van der Waals surface area contributed by atoms with Gasteiger partial charge in [0.15, 0.2) is 5.76 Å². The van der Waals surface area contributed by atoms with Crippen molar-refractivity contribution in [1.82, 2.24) is 10.1 Å². The van der Waals surface area contributed by atoms with Gasteiger partial charge in [-0.05, 0) is 31.9 Å². The largest absolute Gasteiger partial charge is 0.359 e. The molecule has 1 aromatic carbocycles. The van der Waals surface area contributed by atoms with E-state index in [1.165, 1.54) is 0 Å². The summed E-state index contributed by atoms with van der Waals surface area (Å²) in [6, 6.07) is 7.31. The van der Waals surface area contributed by atoms with Crippen LogP contribution in [0.25, 0.3) is 10.6 Å². The van der Waals surface area contributed by atoms with E-state index in [1.54, 1.807) is 17.5 Å². The molecule has 2 heterocycles. The lowest BCUT2D eigenvalue weighted by molar-refractivity contribution is 0.262. The lowest BCUT2D eigenvalue weighted by Crippen LogP contribution is -2.20. The molecule has 24 heavy (non-hydrogen) atoms. The molecule has 0 atom stereocenters. The third-order valence-corrected chi connectivity index (χ3v) is 4.70. The zero-order valence-corrected chi connectivity index (χ0v) is 13.9. The highest BCUT2D eigenvalue weighted by atomic mass is 32.1. The van der Waals surface area contributed by atoms with Gasteiger partial charge in [0.05, 0.1) is 0 Å². The summed E-state index contributed by atoms with van der Waals surface area (Å²) < 4.78 is 5.34. The summed E-state index contributed by atoms with van der Waals surface area (Å²) in [6.45, 7) is 1.83. The number of amides is 2. The van der Waals surface area contributed by atoms with Gasteiger partial charge in [-0.1, -0.05) is 17.3 Å². The van der Waals surface area contributed by atoms with Crippen LogP contribution >= 0.6 is 11.3 Å². The van der Waals surface area contributed by atoms with Gasteiger partial charge in [-0.3, -0.25) is 0 Å². The number of carbonyl (C=O) groups is 1. The van der Waals surface area contributed by atoms with Gasteiger partial charge in [0.25, 0.3) is 0 Å². The lowest BCUT2D eigenvalue weighted by atomic mass is 10.2. The molecule has 2 N–H and O–H groups in total. The van der Waals surface area contributed by atoms with E-state index in [4.69, 9.17) is 4.52 Å². The quantitative estimate of drug-likeness (QED) is 0.726. The molecule has 1 saturated carbocycles. The van der Waals surface area contributed by atoms with Gasteiger partial charge < -0.3 is 15.2 Å². The Balaban J connectivity index is 1.49. The summed E-state index contributed by atoms with van der Waals surface area (Å²) in [4.78, 5) is 16.6. The Kier molecular flexibility index (Phi) is 3.78. The average Bonchev–Trinajstić information content (AvgIpc) is 3.14. The molecule has 7 heteroatoms. The van der Waals surface area contributed by atoms with Gasteiger partial charge in [-0.15, -0.1) is 11.3 Å². The maximum absolute atomic E-state index is 12.3. The lowest BCUT2D eigenvalue weighted by Gasteiger charge is -2.08. The van der Waals surface area contributed by atoms with Crippen LogP contribution in [-0.4, -0.2) is 16.2 Å². The number of aryl methyl sites for hydroxylation is 1. The van der Waals surface area contributed by atoms with Crippen LogP contribution in [0.3, 0.4) is 0 Å². The van der Waals surface area contributed by atoms with Crippen LogP contribution in [0.4, 0.5) is 16.2 Å². The van der Waals surface area contributed by atoms with E-state index >= 15 is 0 Å². The van der Waals surface area contributed by atoms with Crippen LogP contribution in [0.1, 0.15) is 30.2 Å². The molecular weight excluding hydrogens is 324 g/mol. The molecule has 3 aromatic rings. The number of urea groups is 1. The van der Waals surface area contributed by atoms with Crippen molar-refractivity contribution < 1.29 is 9.32 Å². The fraction of sp³-hybridized carbons (Fsp3) is 0.235. The molecular formula is C17H16N4O2S. The Morgan fingerprint density at radius 3 is 2.96 bits per heavy atom. The minimum absolute atomic E-state index is 0.306. The number of anilines is 2. The number of nitrogens with zero attached hydrogens (tertiary/aromatic N) is 2. The Hall–Kier alpha value is -2.67. The van der Waals surface area contributed by atoms with Crippen LogP contribution in [0, 0.1) is 6.92 Å². The molecule has 0 saturated heterocycles. The number of nitrogens with one attached hydrogen (secondary N) is 2. The third-order valence-electron chi connectivity index (χ3n) is 3.88. The Morgan fingerprint density at radius 2 is 2.21 bits per heavy atom. The van der Waals surface area contributed by atoms with Crippen LogP contribution in [0.5, 0.6) is 0 Å². The topological polar surface area (TPSA) is 80.0 Å². The first-order valence-electron chi connectivity index (χ1n) is 7.75. The highest BCUT2D eigenvalue weighted by Gasteiger charge is 2.32. The second-order valence-corrected chi connectivity index (χ2v) is 6.67. The molecule has 2 amide bonds. The summed E-state index contributed by atoms with van der Waals surface area (Å²) in [5.41, 5.74) is 3.07. The first-order chi connectivity index (χ1) is 11.7. The van der Waals surface area contributed by atoms with E-state index in [2.05, 4.69) is 20.8 Å². The maximum Gasteiger partial charge on any atom is 0.323 e. The smallest absolute Gasteiger partial charge is 0.323 e. The number of rotatable bonds is 4. The predicted octanol–water partition coefficient (Wildman–Crippen LogP) is 4.63. The van der Waals surface area contributed by atoms with Gasteiger partial charge >= 0.3 is 6.03 Å². The first kappa shape index (κ1) is 14.9. The fourth-order valence-corrected chi connectivity index (χ4v) is 3.17. The molecule has 1 aliphatic carbocycles. The van der Waals surface area contributed by atoms with Crippen molar-refractivity contribution in [2.75, 3.05) is 10.6 Å². The van der Waals surface area contributed by atoms with Crippen molar-refractivity contribution >= 4 is 28.7 Å². The van der Waals surface area contributed by atoms with Gasteiger partial charge in [-0.25, -0.2) is 9.78 Å². The highest BCUT2D eigenvalue weighted by molar-refractivity contribution is 7.13. The molecule has 4 rings (SSSR count). The van der Waals surface area contributed by atoms with Gasteiger partial charge in [0.2, 0.25) is 0 Å². The molecule has 122 valence electrons. The second kappa shape index (κ2) is 6.09. The molecule has 1 aliphatic rings. The van der Waals surface area contributed by atoms with Crippen LogP contribution < -0.4 is 10.6 Å². The second-order valence-electron chi connectivity index (χ2n) is 5.78. The van der Waals surface area contributed by atoms with E-state index in [0.29, 0.717) is 23.0 Å². The normalized spacial score (nSPS) is 13.7. The zero-order chi connectivity index (χ0) is 16.5. The SMILES string of the molecule is Cc1noc(C2CC2)c1NC(=O)Nc1cccc(-c2nccs2)c1. The number of benzene rings is 1. The number of thiazole rings is 1. The molecule has 1 fully saturated rings. The van der Waals surface area contributed by atoms with E-state index in [0.717, 1.165) is 29.2 Å². The van der Waals surface area contributed by atoms with Crippen LogP contribution in [-0.2, 0) is 0 Å². The molecule has 0 aliphatic heterocycles. The molecule has 0 spiro atoms. The molecule has 0 radical (unpaired) electrons. The van der Waals surface area contributed by atoms with Gasteiger partial charge in [0.1, 0.15) is 16.4 Å². The van der Waals surface area contributed by atoms with Crippen LogP contribution in [0.15, 0.2) is 40.4 Å². The van der Waals surface area contributed by atoms with Crippen molar-refractivity contribution in [1.29, 1.82) is 0 Å². The maximum atomic E-state index is 12.3. The van der Waals surface area contributed by atoms with E-state index in [1.807, 2.05) is 36.6 Å². The minimum Gasteiger partial charge on any atom is -0.359 e. The number of aromatic nitrogens is 2. The van der Waals surface area contributed by atoms with E-state index < -0.39 is 0 Å². The van der Waals surface area contributed by atoms with Crippen molar-refractivity contribution in [2.24, 2.45) is 0 Å². The standard InChI is InChI=1S/C17H16N4O2S/c1-10-14(15(23-21-10)11-5-6-11)20-17(22)19-13-4-2-3-12(9-13)16-18-7-8-24-16/h2-4,7-9,11H,5-6H2,1H3,(H2,19,20,22). The Morgan fingerprint density at radius 1 is 1.33 bits per heavy atom. The number of hydrogen-bond acceptors (Lipinski definition) is 5. The molecule has 0 bridgehead atoms. The monoisotopic (exact) mass is 340 g/mol. The highest BCUT2D eigenvalue weighted by Crippen LogP contribution is 2.44. The third kappa shape index (κ3) is 3.03. The summed E-state index contributed by atoms with van der Waals surface area (Å²) in [6.07, 6.45) is 3.93.